The van der Waals surface area contributed by atoms with E-state index in [2.05, 4.69) is 6.58 Å². The van der Waals surface area contributed by atoms with E-state index in [9.17, 15) is 9.90 Å². The molecule has 80 valence electrons. The molecule has 1 aliphatic rings. The first-order valence-corrected chi connectivity index (χ1v) is 5.09. The topological polar surface area (TPSA) is 40.5 Å². The predicted octanol–water partition coefficient (Wildman–Crippen LogP) is 1.53. The largest absolute Gasteiger partial charge is 0.373 e. The SMILES string of the molecule is C=CCCCN1C(=O)C(C)(C)CC1O. The highest BCUT2D eigenvalue weighted by Gasteiger charge is 2.43. The molecule has 1 saturated heterocycles. The number of carbonyl (C=O) groups excluding carboxylic acids is 1. The third kappa shape index (κ3) is 2.15. The summed E-state index contributed by atoms with van der Waals surface area (Å²) in [5.74, 6) is 0.0639. The van der Waals surface area contributed by atoms with E-state index in [4.69, 9.17) is 0 Å². The Labute approximate surface area is 85.4 Å². The van der Waals surface area contributed by atoms with Crippen molar-refractivity contribution in [2.45, 2.75) is 39.3 Å². The Kier molecular flexibility index (Phi) is 3.32. The first-order chi connectivity index (χ1) is 6.49. The molecule has 14 heavy (non-hydrogen) atoms. The predicted molar refractivity (Wildman–Crippen MR) is 55.5 cm³/mol. The fourth-order valence-electron chi connectivity index (χ4n) is 1.83. The Morgan fingerprint density at radius 1 is 1.71 bits per heavy atom. The van der Waals surface area contributed by atoms with Gasteiger partial charge in [0.2, 0.25) is 5.91 Å². The van der Waals surface area contributed by atoms with Gasteiger partial charge in [-0.05, 0) is 12.8 Å². The molecule has 1 aliphatic heterocycles. The fraction of sp³-hybridized carbons (Fsp3) is 0.727. The van der Waals surface area contributed by atoms with Crippen LogP contribution in [0.15, 0.2) is 12.7 Å². The van der Waals surface area contributed by atoms with Gasteiger partial charge in [-0.1, -0.05) is 19.9 Å². The van der Waals surface area contributed by atoms with Crippen molar-refractivity contribution < 1.29 is 9.90 Å². The lowest BCUT2D eigenvalue weighted by Crippen LogP contribution is -2.35. The summed E-state index contributed by atoms with van der Waals surface area (Å²) in [6.07, 6.45) is 3.54. The maximum Gasteiger partial charge on any atom is 0.230 e. The zero-order valence-electron chi connectivity index (χ0n) is 8.99. The number of likely N-dealkylation sites (tertiary alicyclic amines) is 1. The molecule has 1 rings (SSSR count). The first-order valence-electron chi connectivity index (χ1n) is 5.09. The van der Waals surface area contributed by atoms with E-state index in [1.165, 1.54) is 0 Å². The number of nitrogens with zero attached hydrogens (tertiary/aromatic N) is 1. The van der Waals surface area contributed by atoms with Crippen molar-refractivity contribution in [2.75, 3.05) is 6.54 Å². The van der Waals surface area contributed by atoms with Gasteiger partial charge in [0, 0.05) is 18.4 Å². The van der Waals surface area contributed by atoms with Crippen molar-refractivity contribution >= 4 is 5.91 Å². The molecule has 1 amide bonds. The smallest absolute Gasteiger partial charge is 0.230 e. The molecule has 0 radical (unpaired) electrons. The van der Waals surface area contributed by atoms with E-state index in [1.807, 2.05) is 19.9 Å². The second kappa shape index (κ2) is 4.13. The number of unbranched alkanes of at least 4 members (excludes halogenated alkanes) is 1. The van der Waals surface area contributed by atoms with Gasteiger partial charge in [0.1, 0.15) is 6.23 Å². The lowest BCUT2D eigenvalue weighted by Gasteiger charge is -2.21. The van der Waals surface area contributed by atoms with Crippen LogP contribution in [0.3, 0.4) is 0 Å². The van der Waals surface area contributed by atoms with E-state index < -0.39 is 11.6 Å². The standard InChI is InChI=1S/C11H19NO2/c1-4-5-6-7-12-9(13)8-11(2,3)10(12)14/h4,9,13H,1,5-8H2,2-3H3. The van der Waals surface area contributed by atoms with Crippen molar-refractivity contribution in [1.82, 2.24) is 4.90 Å². The minimum absolute atomic E-state index is 0.0639. The van der Waals surface area contributed by atoms with Crippen LogP contribution in [0.1, 0.15) is 33.1 Å². The molecule has 3 heteroatoms. The van der Waals surface area contributed by atoms with Gasteiger partial charge in [0.25, 0.3) is 0 Å². The third-order valence-electron chi connectivity index (χ3n) is 2.70. The summed E-state index contributed by atoms with van der Waals surface area (Å²) in [7, 11) is 0. The number of hydrogen-bond acceptors (Lipinski definition) is 2. The quantitative estimate of drug-likeness (QED) is 0.548. The highest BCUT2D eigenvalue weighted by Crippen LogP contribution is 2.34. The van der Waals surface area contributed by atoms with Crippen LogP contribution in [0.2, 0.25) is 0 Å². The molecule has 1 atom stereocenters. The molecule has 3 nitrogen and oxygen atoms in total. The molecule has 1 fully saturated rings. The van der Waals surface area contributed by atoms with Gasteiger partial charge in [0.05, 0.1) is 0 Å². The monoisotopic (exact) mass is 197 g/mol. The summed E-state index contributed by atoms with van der Waals surface area (Å²) in [6.45, 7) is 8.02. The Balaban J connectivity index is 2.53. The average Bonchev–Trinajstić information content (AvgIpc) is 2.27. The van der Waals surface area contributed by atoms with Crippen LogP contribution < -0.4 is 0 Å². The molecular weight excluding hydrogens is 178 g/mol. The number of hydrogen-bond donors (Lipinski definition) is 1. The van der Waals surface area contributed by atoms with Gasteiger partial charge in [-0.25, -0.2) is 0 Å². The summed E-state index contributed by atoms with van der Waals surface area (Å²) in [5.41, 5.74) is -0.395. The van der Waals surface area contributed by atoms with Crippen LogP contribution in [-0.2, 0) is 4.79 Å². The van der Waals surface area contributed by atoms with Crippen LogP contribution >= 0.6 is 0 Å². The van der Waals surface area contributed by atoms with Crippen LogP contribution in [0, 0.1) is 5.41 Å². The lowest BCUT2D eigenvalue weighted by molar-refractivity contribution is -0.138. The number of carbonyl (C=O) groups is 1. The maximum atomic E-state index is 11.8. The number of allylic oxidation sites excluding steroid dienone is 1. The van der Waals surface area contributed by atoms with Crippen LogP contribution in [-0.4, -0.2) is 28.7 Å². The van der Waals surface area contributed by atoms with Crippen molar-refractivity contribution in [1.29, 1.82) is 0 Å². The van der Waals surface area contributed by atoms with Crippen molar-refractivity contribution in [3.63, 3.8) is 0 Å². The number of rotatable bonds is 4. The highest BCUT2D eigenvalue weighted by molar-refractivity contribution is 5.84. The van der Waals surface area contributed by atoms with Gasteiger partial charge in [-0.3, -0.25) is 4.79 Å². The molecule has 0 bridgehead atoms. The number of aliphatic hydroxyl groups is 1. The Bertz CT molecular complexity index is 235. The molecular formula is C11H19NO2. The zero-order valence-corrected chi connectivity index (χ0v) is 8.99. The van der Waals surface area contributed by atoms with Crippen LogP contribution in [0.5, 0.6) is 0 Å². The molecule has 0 spiro atoms. The highest BCUT2D eigenvalue weighted by atomic mass is 16.3. The normalized spacial score (nSPS) is 25.5. The minimum Gasteiger partial charge on any atom is -0.373 e. The molecule has 1 heterocycles. The van der Waals surface area contributed by atoms with Crippen molar-refractivity contribution in [2.24, 2.45) is 5.41 Å². The third-order valence-corrected chi connectivity index (χ3v) is 2.70. The molecule has 0 saturated carbocycles. The summed E-state index contributed by atoms with van der Waals surface area (Å²) in [5, 5.41) is 9.67. The van der Waals surface area contributed by atoms with E-state index in [0.717, 1.165) is 12.8 Å². The second-order valence-corrected chi connectivity index (χ2v) is 4.50. The maximum absolute atomic E-state index is 11.8. The van der Waals surface area contributed by atoms with E-state index in [1.54, 1.807) is 4.90 Å². The Morgan fingerprint density at radius 2 is 2.36 bits per heavy atom. The van der Waals surface area contributed by atoms with Crippen molar-refractivity contribution in [3.8, 4) is 0 Å². The Hall–Kier alpha value is -0.830. The second-order valence-electron chi connectivity index (χ2n) is 4.50. The Morgan fingerprint density at radius 3 is 2.79 bits per heavy atom. The van der Waals surface area contributed by atoms with Gasteiger partial charge in [-0.15, -0.1) is 6.58 Å². The molecule has 0 aliphatic carbocycles. The van der Waals surface area contributed by atoms with E-state index in [-0.39, 0.29) is 5.91 Å². The van der Waals surface area contributed by atoms with Gasteiger partial charge >= 0.3 is 0 Å². The fourth-order valence-corrected chi connectivity index (χ4v) is 1.83. The summed E-state index contributed by atoms with van der Waals surface area (Å²) < 4.78 is 0. The first kappa shape index (κ1) is 11.2. The molecule has 1 N–H and O–H groups in total. The molecule has 0 aromatic rings. The van der Waals surface area contributed by atoms with Crippen LogP contribution in [0.25, 0.3) is 0 Å². The van der Waals surface area contributed by atoms with Crippen molar-refractivity contribution in [3.05, 3.63) is 12.7 Å². The van der Waals surface area contributed by atoms with Gasteiger partial charge in [0.15, 0.2) is 0 Å². The van der Waals surface area contributed by atoms with Crippen LogP contribution in [0.4, 0.5) is 0 Å². The minimum atomic E-state index is -0.595. The summed E-state index contributed by atoms with van der Waals surface area (Å²) >= 11 is 0. The summed E-state index contributed by atoms with van der Waals surface area (Å²) in [4.78, 5) is 13.3. The number of aliphatic hydroxyl groups excluding tert-OH is 1. The van der Waals surface area contributed by atoms with E-state index >= 15 is 0 Å². The zero-order chi connectivity index (χ0) is 10.8. The number of amides is 1. The van der Waals surface area contributed by atoms with E-state index in [0.29, 0.717) is 13.0 Å². The lowest BCUT2D eigenvalue weighted by atomic mass is 9.92. The van der Waals surface area contributed by atoms with Gasteiger partial charge in [-0.2, -0.15) is 0 Å². The molecule has 1 unspecified atom stereocenters. The van der Waals surface area contributed by atoms with Gasteiger partial charge < -0.3 is 10.0 Å². The molecule has 0 aromatic heterocycles. The molecule has 0 aromatic carbocycles. The average molecular weight is 197 g/mol. The summed E-state index contributed by atoms with van der Waals surface area (Å²) in [6, 6.07) is 0.